The molecule has 0 heterocycles. The van der Waals surface area contributed by atoms with Gasteiger partial charge >= 0.3 is 5.97 Å². The van der Waals surface area contributed by atoms with Crippen molar-refractivity contribution in [2.45, 2.75) is 5.92 Å². The highest BCUT2D eigenvalue weighted by Crippen LogP contribution is 2.25. The standard InChI is InChI=1S/C16H16O5S/c17-16(21-11-12-22(18,19)20)15(13-7-3-1-4-8-13)14-9-5-2-6-10-14/h1-10,15H,11-12H2,(H,18,19,20)/p-1. The van der Waals surface area contributed by atoms with Crippen LogP contribution < -0.4 is 0 Å². The molecule has 116 valence electrons. The summed E-state index contributed by atoms with van der Waals surface area (Å²) in [7, 11) is -4.40. The number of esters is 1. The van der Waals surface area contributed by atoms with Crippen molar-refractivity contribution in [2.24, 2.45) is 0 Å². The summed E-state index contributed by atoms with van der Waals surface area (Å²) in [5.74, 6) is -1.97. The first-order valence-corrected chi connectivity index (χ1v) is 8.25. The molecule has 0 radical (unpaired) electrons. The zero-order valence-corrected chi connectivity index (χ0v) is 12.5. The average Bonchev–Trinajstić information content (AvgIpc) is 2.48. The minimum absolute atomic E-state index is 0.444. The van der Waals surface area contributed by atoms with E-state index in [4.69, 9.17) is 4.74 Å². The fourth-order valence-corrected chi connectivity index (χ4v) is 2.37. The van der Waals surface area contributed by atoms with E-state index >= 15 is 0 Å². The number of carbonyl (C=O) groups excluding carboxylic acids is 1. The number of hydrogen-bond donors (Lipinski definition) is 0. The van der Waals surface area contributed by atoms with Gasteiger partial charge in [-0.15, -0.1) is 0 Å². The Morgan fingerprint density at radius 3 is 1.82 bits per heavy atom. The largest absolute Gasteiger partial charge is 0.748 e. The molecule has 0 saturated heterocycles. The molecule has 0 aliphatic carbocycles. The van der Waals surface area contributed by atoms with Gasteiger partial charge in [-0.3, -0.25) is 4.79 Å². The van der Waals surface area contributed by atoms with Gasteiger partial charge in [-0.05, 0) is 11.1 Å². The van der Waals surface area contributed by atoms with Crippen molar-refractivity contribution in [2.75, 3.05) is 12.4 Å². The van der Waals surface area contributed by atoms with Gasteiger partial charge in [-0.25, -0.2) is 8.42 Å². The predicted molar refractivity (Wildman–Crippen MR) is 80.3 cm³/mol. The highest BCUT2D eigenvalue weighted by molar-refractivity contribution is 7.85. The number of hydrogen-bond acceptors (Lipinski definition) is 5. The summed E-state index contributed by atoms with van der Waals surface area (Å²) >= 11 is 0. The van der Waals surface area contributed by atoms with E-state index in [9.17, 15) is 17.8 Å². The molecular weight excluding hydrogens is 304 g/mol. The Labute approximate surface area is 129 Å². The van der Waals surface area contributed by atoms with Gasteiger partial charge in [0.25, 0.3) is 0 Å². The summed E-state index contributed by atoms with van der Waals surface area (Å²) in [6.45, 7) is -0.444. The van der Waals surface area contributed by atoms with E-state index in [0.717, 1.165) is 11.1 Å². The lowest BCUT2D eigenvalue weighted by Crippen LogP contribution is -2.21. The summed E-state index contributed by atoms with van der Waals surface area (Å²) in [5, 5.41) is 0. The van der Waals surface area contributed by atoms with Gasteiger partial charge in [-0.2, -0.15) is 0 Å². The second kappa shape index (κ2) is 7.20. The van der Waals surface area contributed by atoms with Gasteiger partial charge in [0, 0.05) is 0 Å². The molecule has 0 aromatic heterocycles. The quantitative estimate of drug-likeness (QED) is 0.600. The SMILES string of the molecule is O=C(OCCS(=O)(=O)[O-])C(c1ccccc1)c1ccccc1. The minimum Gasteiger partial charge on any atom is -0.748 e. The van der Waals surface area contributed by atoms with Crippen LogP contribution in [-0.4, -0.2) is 31.3 Å². The van der Waals surface area contributed by atoms with E-state index in [1.165, 1.54) is 0 Å². The van der Waals surface area contributed by atoms with Crippen LogP contribution >= 0.6 is 0 Å². The molecule has 2 aromatic carbocycles. The van der Waals surface area contributed by atoms with Crippen LogP contribution in [0.1, 0.15) is 17.0 Å². The Kier molecular flexibility index (Phi) is 5.30. The molecule has 0 bridgehead atoms. The number of carbonyl (C=O) groups is 1. The Hall–Kier alpha value is -2.18. The lowest BCUT2D eigenvalue weighted by molar-refractivity contribution is -0.143. The van der Waals surface area contributed by atoms with Crippen LogP contribution in [0.3, 0.4) is 0 Å². The average molecular weight is 319 g/mol. The maximum atomic E-state index is 12.3. The monoisotopic (exact) mass is 319 g/mol. The number of rotatable bonds is 6. The van der Waals surface area contributed by atoms with Crippen molar-refractivity contribution in [3.63, 3.8) is 0 Å². The third-order valence-corrected chi connectivity index (χ3v) is 3.75. The summed E-state index contributed by atoms with van der Waals surface area (Å²) in [5.41, 5.74) is 1.48. The zero-order valence-electron chi connectivity index (χ0n) is 11.7. The maximum Gasteiger partial charge on any atom is 0.317 e. The molecule has 2 rings (SSSR count). The molecule has 5 nitrogen and oxygen atoms in total. The molecule has 0 aliphatic heterocycles. The van der Waals surface area contributed by atoms with Crippen LogP contribution in [-0.2, 0) is 19.6 Å². The maximum absolute atomic E-state index is 12.3. The van der Waals surface area contributed by atoms with Gasteiger partial charge in [0.05, 0.1) is 15.9 Å². The Morgan fingerprint density at radius 1 is 0.955 bits per heavy atom. The van der Waals surface area contributed by atoms with E-state index in [1.807, 2.05) is 12.1 Å². The highest BCUT2D eigenvalue weighted by Gasteiger charge is 2.24. The van der Waals surface area contributed by atoms with E-state index in [2.05, 4.69) is 0 Å². The van der Waals surface area contributed by atoms with Crippen molar-refractivity contribution in [1.82, 2.24) is 0 Å². The molecule has 22 heavy (non-hydrogen) atoms. The molecular formula is C16H15O5S-. The molecule has 0 fully saturated rings. The van der Waals surface area contributed by atoms with Gasteiger partial charge in [0.2, 0.25) is 0 Å². The lowest BCUT2D eigenvalue weighted by atomic mass is 9.91. The van der Waals surface area contributed by atoms with Crippen molar-refractivity contribution in [3.05, 3.63) is 71.8 Å². The zero-order chi connectivity index (χ0) is 16.0. The van der Waals surface area contributed by atoms with Crippen molar-refractivity contribution >= 4 is 16.1 Å². The molecule has 0 N–H and O–H groups in total. The first-order valence-electron chi connectivity index (χ1n) is 6.67. The van der Waals surface area contributed by atoms with E-state index in [1.54, 1.807) is 48.5 Å². The molecule has 0 aliphatic rings. The molecule has 0 atom stereocenters. The first-order chi connectivity index (χ1) is 10.5. The number of ether oxygens (including phenoxy) is 1. The highest BCUT2D eigenvalue weighted by atomic mass is 32.2. The normalized spacial score (nSPS) is 11.4. The molecule has 0 spiro atoms. The van der Waals surface area contributed by atoms with Crippen LogP contribution in [0.5, 0.6) is 0 Å². The predicted octanol–water partition coefficient (Wildman–Crippen LogP) is 1.91. The lowest BCUT2D eigenvalue weighted by Gasteiger charge is -2.17. The van der Waals surface area contributed by atoms with E-state index in [0.29, 0.717) is 0 Å². The van der Waals surface area contributed by atoms with Crippen LogP contribution in [0.2, 0.25) is 0 Å². The summed E-state index contributed by atoms with van der Waals surface area (Å²) in [6, 6.07) is 18.1. The fourth-order valence-electron chi connectivity index (χ4n) is 2.08. The molecule has 0 saturated carbocycles. The van der Waals surface area contributed by atoms with Crippen molar-refractivity contribution in [3.8, 4) is 0 Å². The summed E-state index contributed by atoms with van der Waals surface area (Å²) < 4.78 is 36.7. The molecule has 2 aromatic rings. The third kappa shape index (κ3) is 4.68. The van der Waals surface area contributed by atoms with Crippen molar-refractivity contribution in [1.29, 1.82) is 0 Å². The second-order valence-corrected chi connectivity index (χ2v) is 6.21. The van der Waals surface area contributed by atoms with Crippen LogP contribution in [0.25, 0.3) is 0 Å². The van der Waals surface area contributed by atoms with Gasteiger partial charge < -0.3 is 9.29 Å². The van der Waals surface area contributed by atoms with E-state index in [-0.39, 0.29) is 0 Å². The number of benzene rings is 2. The second-order valence-electron chi connectivity index (χ2n) is 4.68. The molecule has 0 amide bonds. The smallest absolute Gasteiger partial charge is 0.317 e. The molecule has 6 heteroatoms. The van der Waals surface area contributed by atoms with Crippen LogP contribution in [0, 0.1) is 0 Å². The first kappa shape index (κ1) is 16.2. The van der Waals surface area contributed by atoms with E-state index < -0.39 is 34.4 Å². The van der Waals surface area contributed by atoms with Crippen molar-refractivity contribution < 1.29 is 22.5 Å². The topological polar surface area (TPSA) is 83.5 Å². The van der Waals surface area contributed by atoms with Gasteiger partial charge in [-0.1, -0.05) is 60.7 Å². The Balaban J connectivity index is 2.20. The van der Waals surface area contributed by atoms with Crippen LogP contribution in [0.4, 0.5) is 0 Å². The fraction of sp³-hybridized carbons (Fsp3) is 0.188. The Bertz CT molecular complexity index is 671. The minimum atomic E-state index is -4.40. The Morgan fingerprint density at radius 2 is 1.41 bits per heavy atom. The van der Waals surface area contributed by atoms with Crippen LogP contribution in [0.15, 0.2) is 60.7 Å². The summed E-state index contributed by atoms with van der Waals surface area (Å²) in [4.78, 5) is 12.3. The third-order valence-electron chi connectivity index (χ3n) is 3.08. The summed E-state index contributed by atoms with van der Waals surface area (Å²) in [6.07, 6.45) is 0. The van der Waals surface area contributed by atoms with Gasteiger partial charge in [0.15, 0.2) is 0 Å². The van der Waals surface area contributed by atoms with Gasteiger partial charge in [0.1, 0.15) is 12.5 Å². The molecule has 0 unspecified atom stereocenters.